The van der Waals surface area contributed by atoms with E-state index >= 15 is 0 Å². The molecule has 0 aliphatic rings. The molecule has 0 spiro atoms. The van der Waals surface area contributed by atoms with Gasteiger partial charge in [-0.3, -0.25) is 20.0 Å². The van der Waals surface area contributed by atoms with Crippen LogP contribution in [0.4, 0.5) is 5.69 Å². The lowest BCUT2D eigenvalue weighted by Gasteiger charge is -1.97. The van der Waals surface area contributed by atoms with Gasteiger partial charge in [0.25, 0.3) is 11.6 Å². The second-order valence-corrected chi connectivity index (χ2v) is 5.63. The Hall–Kier alpha value is -3.52. The smallest absolute Gasteiger partial charge is 0.272 e. The maximum absolute atomic E-state index is 12.1. The Morgan fingerprint density at radius 1 is 1.23 bits per heavy atom. The first-order valence-corrected chi connectivity index (χ1v) is 7.80. The van der Waals surface area contributed by atoms with E-state index in [0.717, 1.165) is 5.56 Å². The summed E-state index contributed by atoms with van der Waals surface area (Å²) in [6.07, 6.45) is 1.21. The largest absolute Gasteiger partial charge is 0.289 e. The third-order valence-corrected chi connectivity index (χ3v) is 3.72. The number of nitrogens with zero attached hydrogens (tertiary/aromatic N) is 3. The number of aromatic nitrogens is 2. The van der Waals surface area contributed by atoms with E-state index in [-0.39, 0.29) is 16.9 Å². The van der Waals surface area contributed by atoms with Crippen molar-refractivity contribution in [3.63, 3.8) is 0 Å². The Labute approximate surface area is 152 Å². The Morgan fingerprint density at radius 2 is 1.96 bits per heavy atom. The molecule has 0 saturated carbocycles. The topological polar surface area (TPSA) is 113 Å². The number of nitrogens with one attached hydrogen (secondary N) is 2. The summed E-state index contributed by atoms with van der Waals surface area (Å²) >= 11 is 5.84. The van der Waals surface area contributed by atoms with Crippen LogP contribution in [-0.4, -0.2) is 27.2 Å². The first kappa shape index (κ1) is 17.3. The van der Waals surface area contributed by atoms with E-state index in [0.29, 0.717) is 10.7 Å². The fourth-order valence-electron chi connectivity index (χ4n) is 2.19. The third kappa shape index (κ3) is 3.93. The molecular formula is C17H12ClN5O3. The highest BCUT2D eigenvalue weighted by Gasteiger charge is 2.12. The lowest BCUT2D eigenvalue weighted by Crippen LogP contribution is -2.18. The molecule has 2 N–H and O–H groups in total. The number of nitro groups is 1. The molecule has 0 atom stereocenters. The van der Waals surface area contributed by atoms with E-state index in [4.69, 9.17) is 11.6 Å². The van der Waals surface area contributed by atoms with Crippen molar-refractivity contribution in [3.05, 3.63) is 81.0 Å². The molecule has 8 nitrogen and oxygen atoms in total. The molecule has 26 heavy (non-hydrogen) atoms. The van der Waals surface area contributed by atoms with Gasteiger partial charge in [-0.1, -0.05) is 35.9 Å². The Kier molecular flexibility index (Phi) is 5.04. The number of aromatic amines is 1. The molecule has 130 valence electrons. The van der Waals surface area contributed by atoms with Crippen molar-refractivity contribution in [2.45, 2.75) is 0 Å². The fraction of sp³-hybridized carbons (Fsp3) is 0. The van der Waals surface area contributed by atoms with E-state index in [1.807, 2.05) is 0 Å². The zero-order valence-electron chi connectivity index (χ0n) is 13.2. The molecule has 3 rings (SSSR count). The van der Waals surface area contributed by atoms with Crippen LogP contribution in [0, 0.1) is 10.1 Å². The molecule has 1 amide bonds. The summed E-state index contributed by atoms with van der Waals surface area (Å²) in [6.45, 7) is 0. The van der Waals surface area contributed by atoms with E-state index in [9.17, 15) is 14.9 Å². The van der Waals surface area contributed by atoms with Crippen LogP contribution in [-0.2, 0) is 0 Å². The van der Waals surface area contributed by atoms with Gasteiger partial charge >= 0.3 is 0 Å². The van der Waals surface area contributed by atoms with Crippen LogP contribution < -0.4 is 5.43 Å². The SMILES string of the molecule is O=C(NN=Cc1ccccc1[N+](=O)[O-])c1cc(-c2ccc(Cl)cc2)n[nH]1. The Bertz CT molecular complexity index is 982. The van der Waals surface area contributed by atoms with Crippen molar-refractivity contribution in [1.29, 1.82) is 0 Å². The lowest BCUT2D eigenvalue weighted by atomic mass is 10.1. The number of amides is 1. The van der Waals surface area contributed by atoms with Crippen molar-refractivity contribution in [3.8, 4) is 11.3 Å². The second-order valence-electron chi connectivity index (χ2n) is 5.19. The van der Waals surface area contributed by atoms with Gasteiger partial charge in [-0.2, -0.15) is 10.2 Å². The van der Waals surface area contributed by atoms with Gasteiger partial charge in [0.15, 0.2) is 0 Å². The van der Waals surface area contributed by atoms with Crippen LogP contribution >= 0.6 is 11.6 Å². The molecule has 1 aromatic heterocycles. The van der Waals surface area contributed by atoms with E-state index < -0.39 is 10.8 Å². The molecule has 0 unspecified atom stereocenters. The number of benzene rings is 2. The van der Waals surface area contributed by atoms with E-state index in [1.165, 1.54) is 18.3 Å². The molecule has 0 saturated heterocycles. The first-order chi connectivity index (χ1) is 12.5. The van der Waals surface area contributed by atoms with Gasteiger partial charge in [-0.25, -0.2) is 5.43 Å². The van der Waals surface area contributed by atoms with Crippen LogP contribution in [0.2, 0.25) is 5.02 Å². The number of hydrogen-bond donors (Lipinski definition) is 2. The zero-order chi connectivity index (χ0) is 18.5. The number of carbonyl (C=O) groups excluding carboxylic acids is 1. The average molecular weight is 370 g/mol. The van der Waals surface area contributed by atoms with Crippen LogP contribution in [0.25, 0.3) is 11.3 Å². The molecule has 2 aromatic carbocycles. The van der Waals surface area contributed by atoms with Crippen molar-refractivity contribution in [2.24, 2.45) is 5.10 Å². The molecule has 0 bridgehead atoms. The summed E-state index contributed by atoms with van der Waals surface area (Å²) < 4.78 is 0. The summed E-state index contributed by atoms with van der Waals surface area (Å²) in [6, 6.07) is 14.7. The van der Waals surface area contributed by atoms with Gasteiger partial charge in [0.05, 0.1) is 22.4 Å². The second kappa shape index (κ2) is 7.58. The van der Waals surface area contributed by atoms with Gasteiger partial charge in [-0.15, -0.1) is 0 Å². The van der Waals surface area contributed by atoms with E-state index in [2.05, 4.69) is 20.7 Å². The van der Waals surface area contributed by atoms with E-state index in [1.54, 1.807) is 42.5 Å². The highest BCUT2D eigenvalue weighted by Crippen LogP contribution is 2.20. The number of para-hydroxylation sites is 1. The first-order valence-electron chi connectivity index (χ1n) is 7.43. The van der Waals surface area contributed by atoms with Crippen LogP contribution in [0.1, 0.15) is 16.1 Å². The van der Waals surface area contributed by atoms with Crippen molar-refractivity contribution in [1.82, 2.24) is 15.6 Å². The fourth-order valence-corrected chi connectivity index (χ4v) is 2.32. The maximum atomic E-state index is 12.1. The molecule has 0 radical (unpaired) electrons. The highest BCUT2D eigenvalue weighted by molar-refractivity contribution is 6.30. The Morgan fingerprint density at radius 3 is 2.69 bits per heavy atom. The molecule has 3 aromatic rings. The number of carbonyl (C=O) groups is 1. The number of rotatable bonds is 5. The summed E-state index contributed by atoms with van der Waals surface area (Å²) in [5.41, 5.74) is 4.07. The van der Waals surface area contributed by atoms with Crippen molar-refractivity contribution in [2.75, 3.05) is 0 Å². The van der Waals surface area contributed by atoms with Crippen molar-refractivity contribution < 1.29 is 9.72 Å². The lowest BCUT2D eigenvalue weighted by molar-refractivity contribution is -0.385. The molecule has 9 heteroatoms. The van der Waals surface area contributed by atoms with Gasteiger partial charge in [-0.05, 0) is 24.3 Å². The number of hydrogen-bond acceptors (Lipinski definition) is 5. The van der Waals surface area contributed by atoms with Crippen LogP contribution in [0.15, 0.2) is 59.7 Å². The quantitative estimate of drug-likeness (QED) is 0.407. The summed E-state index contributed by atoms with van der Waals surface area (Å²) in [5.74, 6) is -0.521. The minimum Gasteiger partial charge on any atom is -0.272 e. The third-order valence-electron chi connectivity index (χ3n) is 3.47. The Balaban J connectivity index is 1.70. The number of nitro benzene ring substituents is 1. The predicted octanol–water partition coefficient (Wildman–Crippen LogP) is 3.40. The van der Waals surface area contributed by atoms with Gasteiger partial charge < -0.3 is 0 Å². The van der Waals surface area contributed by atoms with Crippen LogP contribution in [0.3, 0.4) is 0 Å². The summed E-state index contributed by atoms with van der Waals surface area (Å²) in [5, 5.41) is 22.0. The van der Waals surface area contributed by atoms with Gasteiger partial charge in [0, 0.05) is 16.7 Å². The van der Waals surface area contributed by atoms with Crippen LogP contribution in [0.5, 0.6) is 0 Å². The maximum Gasteiger partial charge on any atom is 0.289 e. The van der Waals surface area contributed by atoms with Gasteiger partial charge in [0.1, 0.15) is 5.69 Å². The zero-order valence-corrected chi connectivity index (χ0v) is 14.0. The summed E-state index contributed by atoms with van der Waals surface area (Å²) in [7, 11) is 0. The molecular weight excluding hydrogens is 358 g/mol. The predicted molar refractivity (Wildman–Crippen MR) is 97.2 cm³/mol. The molecule has 0 aliphatic heterocycles. The highest BCUT2D eigenvalue weighted by atomic mass is 35.5. The summed E-state index contributed by atoms with van der Waals surface area (Å²) in [4.78, 5) is 22.5. The number of halogens is 1. The molecule has 0 fully saturated rings. The minimum absolute atomic E-state index is 0.0999. The average Bonchev–Trinajstić information content (AvgIpc) is 3.13. The standard InChI is InChI=1S/C17H12ClN5O3/c18-13-7-5-11(6-8-13)14-9-15(21-20-14)17(24)22-19-10-12-3-1-2-4-16(12)23(25)26/h1-10H,(H,20,21)(H,22,24). The van der Waals surface area contributed by atoms with Gasteiger partial charge in [0.2, 0.25) is 0 Å². The normalized spacial score (nSPS) is 10.8. The minimum atomic E-state index is -0.521. The molecule has 1 heterocycles. The number of hydrazone groups is 1. The van der Waals surface area contributed by atoms with Crippen molar-refractivity contribution >= 4 is 29.4 Å². The number of H-pyrrole nitrogens is 1. The molecule has 0 aliphatic carbocycles. The monoisotopic (exact) mass is 369 g/mol.